The van der Waals surface area contributed by atoms with Crippen molar-refractivity contribution in [1.82, 2.24) is 5.48 Å². The van der Waals surface area contributed by atoms with E-state index in [0.717, 1.165) is 17.5 Å². The Labute approximate surface area is 104 Å². The molecule has 5 heteroatoms. The molecule has 0 heterocycles. The fourth-order valence-corrected chi connectivity index (χ4v) is 2.42. The minimum Gasteiger partial charge on any atom is -0.292 e. The number of hydrogen-bond acceptors (Lipinski definition) is 2. The van der Waals surface area contributed by atoms with Gasteiger partial charge in [0.1, 0.15) is 0 Å². The predicted octanol–water partition coefficient (Wildman–Crippen LogP) is 3.39. The molecule has 0 saturated carbocycles. The summed E-state index contributed by atoms with van der Waals surface area (Å²) in [6, 6.07) is 7.55. The average molecular weight is 259 g/mol. The number of alkyl halides is 3. The summed E-state index contributed by atoms with van der Waals surface area (Å²) in [5, 5.41) is 0. The third-order valence-corrected chi connectivity index (χ3v) is 3.23. The summed E-state index contributed by atoms with van der Waals surface area (Å²) in [7, 11) is 0. The smallest absolute Gasteiger partial charge is 0.292 e. The topological polar surface area (TPSA) is 21.3 Å². The molecule has 1 aromatic rings. The molecule has 2 rings (SSSR count). The maximum absolute atomic E-state index is 12.1. The highest BCUT2D eigenvalue weighted by molar-refractivity contribution is 5.37. The minimum atomic E-state index is -4.31. The fraction of sp³-hybridized carbons (Fsp3) is 0.538. The van der Waals surface area contributed by atoms with E-state index in [1.807, 2.05) is 38.1 Å². The number of hydrogen-bond donors (Lipinski definition) is 1. The minimum absolute atomic E-state index is 0.157. The molecule has 1 aromatic carbocycles. The van der Waals surface area contributed by atoms with Crippen LogP contribution in [0.15, 0.2) is 24.3 Å². The van der Waals surface area contributed by atoms with Gasteiger partial charge in [0.25, 0.3) is 0 Å². The predicted molar refractivity (Wildman–Crippen MR) is 61.8 cm³/mol. The Morgan fingerprint density at radius 1 is 1.33 bits per heavy atom. The first-order chi connectivity index (χ1) is 8.30. The molecule has 0 bridgehead atoms. The van der Waals surface area contributed by atoms with E-state index in [1.54, 1.807) is 0 Å². The lowest BCUT2D eigenvalue weighted by Crippen LogP contribution is -2.34. The quantitative estimate of drug-likeness (QED) is 0.840. The standard InChI is InChI=1S/C13H16F3NO/c1-12(2)7-9-5-3-4-6-10(9)11(12)17-18-8-13(14,15)16/h3-6,11,17H,7-8H2,1-2H3. The summed E-state index contributed by atoms with van der Waals surface area (Å²) in [5.41, 5.74) is 4.59. The maximum atomic E-state index is 12.1. The second kappa shape index (κ2) is 4.55. The lowest BCUT2D eigenvalue weighted by molar-refractivity contribution is -0.196. The van der Waals surface area contributed by atoms with Gasteiger partial charge in [0, 0.05) is 0 Å². The van der Waals surface area contributed by atoms with Gasteiger partial charge in [0.05, 0.1) is 6.04 Å². The van der Waals surface area contributed by atoms with Gasteiger partial charge in [0.15, 0.2) is 6.61 Å². The Bertz CT molecular complexity index is 428. The second-order valence-electron chi connectivity index (χ2n) is 5.32. The van der Waals surface area contributed by atoms with Gasteiger partial charge in [-0.3, -0.25) is 4.84 Å². The molecule has 100 valence electrons. The highest BCUT2D eigenvalue weighted by Crippen LogP contribution is 2.44. The summed E-state index contributed by atoms with van der Waals surface area (Å²) in [6.07, 6.45) is -3.48. The highest BCUT2D eigenvalue weighted by atomic mass is 19.4. The van der Waals surface area contributed by atoms with E-state index >= 15 is 0 Å². The van der Waals surface area contributed by atoms with Crippen molar-refractivity contribution in [3.05, 3.63) is 35.4 Å². The lowest BCUT2D eigenvalue weighted by Gasteiger charge is -2.28. The molecule has 0 aliphatic heterocycles. The van der Waals surface area contributed by atoms with Crippen molar-refractivity contribution in [2.45, 2.75) is 32.5 Å². The van der Waals surface area contributed by atoms with Crippen molar-refractivity contribution in [2.24, 2.45) is 5.41 Å². The molecule has 0 spiro atoms. The van der Waals surface area contributed by atoms with E-state index in [4.69, 9.17) is 0 Å². The first-order valence-electron chi connectivity index (χ1n) is 5.81. The molecule has 1 aliphatic rings. The Balaban J connectivity index is 2.07. The van der Waals surface area contributed by atoms with Crippen molar-refractivity contribution >= 4 is 0 Å². The monoisotopic (exact) mass is 259 g/mol. The van der Waals surface area contributed by atoms with Crippen LogP contribution in [0, 0.1) is 5.41 Å². The van der Waals surface area contributed by atoms with Crippen molar-refractivity contribution in [3.63, 3.8) is 0 Å². The maximum Gasteiger partial charge on any atom is 0.413 e. The van der Waals surface area contributed by atoms with Crippen molar-refractivity contribution in [2.75, 3.05) is 6.61 Å². The molecule has 0 saturated heterocycles. The molecule has 0 radical (unpaired) electrons. The molecule has 1 N–H and O–H groups in total. The zero-order valence-electron chi connectivity index (χ0n) is 10.3. The van der Waals surface area contributed by atoms with Crippen LogP contribution in [0.25, 0.3) is 0 Å². The summed E-state index contributed by atoms with van der Waals surface area (Å²) in [6.45, 7) is 2.75. The van der Waals surface area contributed by atoms with Crippen LogP contribution in [0.5, 0.6) is 0 Å². The van der Waals surface area contributed by atoms with Gasteiger partial charge in [-0.15, -0.1) is 0 Å². The molecule has 0 aromatic heterocycles. The van der Waals surface area contributed by atoms with E-state index in [9.17, 15) is 13.2 Å². The highest BCUT2D eigenvalue weighted by Gasteiger charge is 2.39. The normalized spacial score (nSPS) is 21.9. The Hall–Kier alpha value is -1.07. The molecule has 1 unspecified atom stereocenters. The first-order valence-corrected chi connectivity index (χ1v) is 5.81. The average Bonchev–Trinajstić information content (AvgIpc) is 2.48. The lowest BCUT2D eigenvalue weighted by atomic mass is 9.86. The first kappa shape index (κ1) is 13.4. The van der Waals surface area contributed by atoms with Crippen molar-refractivity contribution in [1.29, 1.82) is 0 Å². The van der Waals surface area contributed by atoms with Crippen LogP contribution in [0.1, 0.15) is 31.0 Å². The van der Waals surface area contributed by atoms with Crippen LogP contribution < -0.4 is 5.48 Å². The number of fused-ring (bicyclic) bond motifs is 1. The van der Waals surface area contributed by atoms with Crippen LogP contribution in [-0.4, -0.2) is 12.8 Å². The second-order valence-corrected chi connectivity index (χ2v) is 5.32. The number of nitrogens with one attached hydrogen (secondary N) is 1. The van der Waals surface area contributed by atoms with E-state index in [-0.39, 0.29) is 11.5 Å². The van der Waals surface area contributed by atoms with E-state index in [2.05, 4.69) is 10.3 Å². The zero-order chi connectivity index (χ0) is 13.4. The van der Waals surface area contributed by atoms with E-state index in [0.29, 0.717) is 0 Å². The largest absolute Gasteiger partial charge is 0.413 e. The third kappa shape index (κ3) is 2.84. The van der Waals surface area contributed by atoms with Gasteiger partial charge in [-0.2, -0.15) is 18.7 Å². The molecule has 0 amide bonds. The molecular weight excluding hydrogens is 243 g/mol. The van der Waals surface area contributed by atoms with E-state index < -0.39 is 12.8 Å². The van der Waals surface area contributed by atoms with Gasteiger partial charge in [0.2, 0.25) is 0 Å². The third-order valence-electron chi connectivity index (χ3n) is 3.23. The molecule has 1 aliphatic carbocycles. The van der Waals surface area contributed by atoms with Crippen LogP contribution in [0.3, 0.4) is 0 Å². The summed E-state index contributed by atoms with van der Waals surface area (Å²) >= 11 is 0. The Morgan fingerprint density at radius 3 is 2.67 bits per heavy atom. The Morgan fingerprint density at radius 2 is 2.00 bits per heavy atom. The number of halogens is 3. The van der Waals surface area contributed by atoms with Gasteiger partial charge in [-0.1, -0.05) is 38.1 Å². The van der Waals surface area contributed by atoms with Crippen LogP contribution in [0.2, 0.25) is 0 Å². The summed E-state index contributed by atoms with van der Waals surface area (Å²) in [4.78, 5) is 4.60. The van der Waals surface area contributed by atoms with Crippen molar-refractivity contribution in [3.8, 4) is 0 Å². The molecule has 2 nitrogen and oxygen atoms in total. The molecule has 0 fully saturated rings. The Kier molecular flexibility index (Phi) is 3.38. The molecular formula is C13H16F3NO. The van der Waals surface area contributed by atoms with Gasteiger partial charge >= 0.3 is 6.18 Å². The van der Waals surface area contributed by atoms with Crippen LogP contribution >= 0.6 is 0 Å². The fourth-order valence-electron chi connectivity index (χ4n) is 2.42. The molecule has 18 heavy (non-hydrogen) atoms. The summed E-state index contributed by atoms with van der Waals surface area (Å²) in [5.74, 6) is 0. The van der Waals surface area contributed by atoms with Crippen molar-refractivity contribution < 1.29 is 18.0 Å². The molecule has 1 atom stereocenters. The number of hydroxylamine groups is 1. The summed E-state index contributed by atoms with van der Waals surface area (Å²) < 4.78 is 36.2. The zero-order valence-corrected chi connectivity index (χ0v) is 10.3. The number of benzene rings is 1. The van der Waals surface area contributed by atoms with Gasteiger partial charge in [-0.25, -0.2) is 0 Å². The van der Waals surface area contributed by atoms with Crippen LogP contribution in [-0.2, 0) is 11.3 Å². The van der Waals surface area contributed by atoms with Crippen LogP contribution in [0.4, 0.5) is 13.2 Å². The van der Waals surface area contributed by atoms with E-state index in [1.165, 1.54) is 0 Å². The van der Waals surface area contributed by atoms with Gasteiger partial charge in [-0.05, 0) is 23.0 Å². The number of rotatable bonds is 3. The SMILES string of the molecule is CC1(C)Cc2ccccc2C1NOCC(F)(F)F. The van der Waals surface area contributed by atoms with Gasteiger partial charge < -0.3 is 0 Å².